The molecule has 130 valence electrons. The van der Waals surface area contributed by atoms with Crippen molar-refractivity contribution in [1.82, 2.24) is 9.88 Å². The molecule has 0 saturated carbocycles. The lowest BCUT2D eigenvalue weighted by Crippen LogP contribution is -2.36. The van der Waals surface area contributed by atoms with Crippen LogP contribution in [-0.2, 0) is 4.74 Å². The third kappa shape index (κ3) is 3.37. The number of aryl methyl sites for hydroxylation is 1. The summed E-state index contributed by atoms with van der Waals surface area (Å²) < 4.78 is 12.0. The number of nitrogens with zero attached hydrogens (tertiary/aromatic N) is 2. The largest absolute Gasteiger partial charge is 0.486 e. The van der Waals surface area contributed by atoms with Crippen LogP contribution >= 0.6 is 0 Å². The Bertz CT molecular complexity index is 747. The van der Waals surface area contributed by atoms with Crippen molar-refractivity contribution in [2.24, 2.45) is 0 Å². The van der Waals surface area contributed by atoms with Gasteiger partial charge in [0.05, 0.1) is 24.9 Å². The Labute approximate surface area is 147 Å². The molecule has 4 rings (SSSR count). The zero-order valence-electron chi connectivity index (χ0n) is 14.4. The third-order valence-corrected chi connectivity index (χ3v) is 5.01. The number of rotatable bonds is 3. The molecular weight excluding hydrogens is 316 g/mol. The zero-order valence-corrected chi connectivity index (χ0v) is 14.4. The molecule has 0 radical (unpaired) electrons. The predicted molar refractivity (Wildman–Crippen MR) is 93.7 cm³/mol. The van der Waals surface area contributed by atoms with Gasteiger partial charge in [0.15, 0.2) is 0 Å². The van der Waals surface area contributed by atoms with E-state index in [0.29, 0.717) is 13.2 Å². The topological polar surface area (TPSA) is 51.7 Å². The highest BCUT2D eigenvalue weighted by atomic mass is 16.6. The predicted octanol–water partition coefficient (Wildman–Crippen LogP) is 2.84. The number of aromatic nitrogens is 1. The molecule has 1 aromatic carbocycles. The van der Waals surface area contributed by atoms with E-state index in [2.05, 4.69) is 4.98 Å². The second-order valence-corrected chi connectivity index (χ2v) is 6.97. The number of hydrogen-bond donors (Lipinski definition) is 0. The van der Waals surface area contributed by atoms with Gasteiger partial charge in [-0.1, -0.05) is 17.7 Å². The number of carbonyl (C=O) groups is 1. The minimum Gasteiger partial charge on any atom is -0.486 e. The fraction of sp³-hybridized carbons (Fsp3) is 0.400. The summed E-state index contributed by atoms with van der Waals surface area (Å²) in [4.78, 5) is 18.7. The van der Waals surface area contributed by atoms with E-state index in [1.54, 1.807) is 12.4 Å². The van der Waals surface area contributed by atoms with Gasteiger partial charge in [-0.25, -0.2) is 0 Å². The highest BCUT2D eigenvalue weighted by Crippen LogP contribution is 2.37. The zero-order chi connectivity index (χ0) is 17.3. The maximum Gasteiger partial charge on any atom is 0.253 e. The van der Waals surface area contributed by atoms with E-state index in [9.17, 15) is 4.79 Å². The molecule has 2 fully saturated rings. The number of benzene rings is 1. The molecule has 2 aliphatic heterocycles. The van der Waals surface area contributed by atoms with Crippen LogP contribution in [0.2, 0.25) is 0 Å². The first-order valence-electron chi connectivity index (χ1n) is 8.70. The van der Waals surface area contributed by atoms with Crippen LogP contribution in [0.5, 0.6) is 5.75 Å². The molecule has 5 heteroatoms. The molecule has 1 aromatic heterocycles. The Kier molecular flexibility index (Phi) is 4.17. The number of hydrogen-bond acceptors (Lipinski definition) is 4. The van der Waals surface area contributed by atoms with Gasteiger partial charge in [-0.2, -0.15) is 0 Å². The summed E-state index contributed by atoms with van der Waals surface area (Å²) in [5, 5.41) is 0. The average Bonchev–Trinajstić information content (AvgIpc) is 3.23. The molecule has 3 heterocycles. The second-order valence-electron chi connectivity index (χ2n) is 6.97. The van der Waals surface area contributed by atoms with Crippen LogP contribution in [-0.4, -0.2) is 47.2 Å². The molecular formula is C20H22N2O3. The van der Waals surface area contributed by atoms with E-state index < -0.39 is 0 Å². The van der Waals surface area contributed by atoms with Crippen molar-refractivity contribution in [2.45, 2.75) is 31.5 Å². The van der Waals surface area contributed by atoms with Gasteiger partial charge in [-0.15, -0.1) is 0 Å². The Hall–Kier alpha value is -2.40. The van der Waals surface area contributed by atoms with E-state index >= 15 is 0 Å². The van der Waals surface area contributed by atoms with Gasteiger partial charge in [0.25, 0.3) is 5.91 Å². The molecule has 2 atom stereocenters. The molecule has 0 bridgehead atoms. The van der Waals surface area contributed by atoms with Gasteiger partial charge in [0.2, 0.25) is 0 Å². The lowest BCUT2D eigenvalue weighted by molar-refractivity contribution is 0.00995. The Morgan fingerprint density at radius 3 is 2.92 bits per heavy atom. The minimum absolute atomic E-state index is 0.0126. The molecule has 1 amide bonds. The van der Waals surface area contributed by atoms with Crippen LogP contribution in [0.15, 0.2) is 48.8 Å². The number of carbonyl (C=O) groups excluding carboxylic acids is 1. The maximum absolute atomic E-state index is 12.7. The first-order valence-corrected chi connectivity index (χ1v) is 8.70. The van der Waals surface area contributed by atoms with Crippen LogP contribution < -0.4 is 4.74 Å². The van der Waals surface area contributed by atoms with Crippen molar-refractivity contribution >= 4 is 5.91 Å². The molecule has 2 aromatic rings. The van der Waals surface area contributed by atoms with E-state index in [0.717, 1.165) is 36.3 Å². The normalized spacial score (nSPS) is 25.5. The molecule has 0 N–H and O–H groups in total. The molecule has 5 nitrogen and oxygen atoms in total. The van der Waals surface area contributed by atoms with Gasteiger partial charge in [0, 0.05) is 24.7 Å². The molecule has 0 unspecified atom stereocenters. The Balaban J connectivity index is 1.38. The summed E-state index contributed by atoms with van der Waals surface area (Å²) in [6.45, 7) is 3.94. The van der Waals surface area contributed by atoms with Crippen LogP contribution in [0.1, 0.15) is 28.8 Å². The van der Waals surface area contributed by atoms with E-state index in [-0.39, 0.29) is 17.6 Å². The highest BCUT2D eigenvalue weighted by molar-refractivity contribution is 5.94. The van der Waals surface area contributed by atoms with E-state index in [1.807, 2.05) is 48.2 Å². The van der Waals surface area contributed by atoms with Crippen molar-refractivity contribution < 1.29 is 14.3 Å². The summed E-state index contributed by atoms with van der Waals surface area (Å²) in [5.74, 6) is 0.843. The van der Waals surface area contributed by atoms with Crippen molar-refractivity contribution in [3.05, 3.63) is 59.9 Å². The van der Waals surface area contributed by atoms with Gasteiger partial charge in [0.1, 0.15) is 11.9 Å². The fourth-order valence-corrected chi connectivity index (χ4v) is 3.67. The third-order valence-electron chi connectivity index (χ3n) is 5.01. The van der Waals surface area contributed by atoms with Crippen molar-refractivity contribution in [1.29, 1.82) is 0 Å². The average molecular weight is 338 g/mol. The lowest BCUT2D eigenvalue weighted by atomic mass is 9.98. The lowest BCUT2D eigenvalue weighted by Gasteiger charge is -2.23. The first kappa shape index (κ1) is 16.1. The van der Waals surface area contributed by atoms with Crippen LogP contribution in [0.4, 0.5) is 0 Å². The number of ether oxygens (including phenoxy) is 2. The summed E-state index contributed by atoms with van der Waals surface area (Å²) in [6.07, 6.45) is 5.12. The minimum atomic E-state index is -0.271. The fourth-order valence-electron chi connectivity index (χ4n) is 3.67. The van der Waals surface area contributed by atoms with Crippen LogP contribution in [0.25, 0.3) is 0 Å². The molecule has 2 aliphatic rings. The van der Waals surface area contributed by atoms with Gasteiger partial charge in [-0.05, 0) is 37.6 Å². The monoisotopic (exact) mass is 338 g/mol. The summed E-state index contributed by atoms with van der Waals surface area (Å²) in [7, 11) is 0. The standard InChI is InChI=1S/C20H22N2O3/c1-15-4-6-16(7-5-15)19(23)22-10-8-20(14-22)11-18(13-24-20)25-17-3-2-9-21-12-17/h2-7,9,12,18H,8,10-11,13-14H2,1H3/t18-,20+/m0/s1. The highest BCUT2D eigenvalue weighted by Gasteiger charge is 2.47. The number of pyridine rings is 1. The number of likely N-dealkylation sites (tertiary alicyclic amines) is 1. The second kappa shape index (κ2) is 6.48. The quantitative estimate of drug-likeness (QED) is 0.863. The van der Waals surface area contributed by atoms with Gasteiger partial charge in [-0.3, -0.25) is 9.78 Å². The van der Waals surface area contributed by atoms with E-state index in [4.69, 9.17) is 9.47 Å². The molecule has 1 spiro atoms. The summed E-state index contributed by atoms with van der Waals surface area (Å²) in [5.41, 5.74) is 1.63. The number of amides is 1. The SMILES string of the molecule is Cc1ccc(C(=O)N2CC[C@@]3(C[C@H](Oc4cccnc4)CO3)C2)cc1. The van der Waals surface area contributed by atoms with Crippen LogP contribution in [0.3, 0.4) is 0 Å². The van der Waals surface area contributed by atoms with Gasteiger partial charge < -0.3 is 14.4 Å². The molecule has 0 aliphatic carbocycles. The van der Waals surface area contributed by atoms with Crippen molar-refractivity contribution in [3.8, 4) is 5.75 Å². The Morgan fingerprint density at radius 2 is 2.16 bits per heavy atom. The molecule has 25 heavy (non-hydrogen) atoms. The van der Waals surface area contributed by atoms with E-state index in [1.165, 1.54) is 0 Å². The smallest absolute Gasteiger partial charge is 0.253 e. The maximum atomic E-state index is 12.7. The van der Waals surface area contributed by atoms with Gasteiger partial charge >= 0.3 is 0 Å². The Morgan fingerprint density at radius 1 is 1.32 bits per heavy atom. The summed E-state index contributed by atoms with van der Waals surface area (Å²) in [6, 6.07) is 11.5. The van der Waals surface area contributed by atoms with Crippen molar-refractivity contribution in [2.75, 3.05) is 19.7 Å². The first-order chi connectivity index (χ1) is 12.1. The molecule has 2 saturated heterocycles. The van der Waals surface area contributed by atoms with Crippen LogP contribution in [0, 0.1) is 6.92 Å². The van der Waals surface area contributed by atoms with Crippen molar-refractivity contribution in [3.63, 3.8) is 0 Å². The summed E-state index contributed by atoms with van der Waals surface area (Å²) >= 11 is 0.